The maximum absolute atomic E-state index is 12.2. The van der Waals surface area contributed by atoms with E-state index < -0.39 is 5.60 Å². The second-order valence-electron chi connectivity index (χ2n) is 8.94. The van der Waals surface area contributed by atoms with Crippen LogP contribution in [-0.4, -0.2) is 48.0 Å². The minimum Gasteiger partial charge on any atom is -0.444 e. The number of amides is 1. The van der Waals surface area contributed by atoms with Crippen LogP contribution in [0, 0.1) is 5.92 Å². The SMILES string of the molecule is CC1CN(C(=O)OC(C)(C)C)CC/C1=C/B1OC(C)(C)C(C)(C)O1. The van der Waals surface area contributed by atoms with Gasteiger partial charge in [-0.25, -0.2) is 4.79 Å². The zero-order valence-electron chi connectivity index (χ0n) is 16.4. The number of hydrogen-bond donors (Lipinski definition) is 0. The molecule has 2 rings (SSSR count). The van der Waals surface area contributed by atoms with Gasteiger partial charge in [-0.2, -0.15) is 0 Å². The molecule has 1 amide bonds. The van der Waals surface area contributed by atoms with Gasteiger partial charge in [-0.15, -0.1) is 0 Å². The minimum absolute atomic E-state index is 0.232. The first-order valence-corrected chi connectivity index (χ1v) is 8.85. The van der Waals surface area contributed by atoms with Crippen LogP contribution in [0.1, 0.15) is 61.8 Å². The molecule has 2 fully saturated rings. The van der Waals surface area contributed by atoms with Crippen molar-refractivity contribution in [3.05, 3.63) is 11.5 Å². The molecule has 6 heteroatoms. The van der Waals surface area contributed by atoms with Gasteiger partial charge in [-0.05, 0) is 60.8 Å². The zero-order chi connectivity index (χ0) is 18.3. The molecule has 0 spiro atoms. The summed E-state index contributed by atoms with van der Waals surface area (Å²) in [5.74, 6) is 2.36. The molecule has 0 saturated carbocycles. The molecule has 0 bridgehead atoms. The van der Waals surface area contributed by atoms with Crippen molar-refractivity contribution < 1.29 is 18.8 Å². The molecule has 2 aliphatic rings. The molecule has 0 aromatic heterocycles. The highest BCUT2D eigenvalue weighted by atomic mass is 16.7. The van der Waals surface area contributed by atoms with E-state index in [4.69, 9.17) is 14.0 Å². The molecule has 2 heterocycles. The third kappa shape index (κ3) is 4.34. The fourth-order valence-corrected chi connectivity index (χ4v) is 2.92. The lowest BCUT2D eigenvalue weighted by Crippen LogP contribution is -2.43. The second-order valence-corrected chi connectivity index (χ2v) is 8.94. The lowest BCUT2D eigenvalue weighted by molar-refractivity contribution is 0.00578. The van der Waals surface area contributed by atoms with Crippen LogP contribution in [0.2, 0.25) is 0 Å². The molecule has 24 heavy (non-hydrogen) atoms. The first-order valence-electron chi connectivity index (χ1n) is 8.85. The molecule has 136 valence electrons. The molecule has 2 aliphatic heterocycles. The number of carbonyl (C=O) groups is 1. The van der Waals surface area contributed by atoms with Gasteiger partial charge < -0.3 is 18.9 Å². The van der Waals surface area contributed by atoms with Gasteiger partial charge in [0.05, 0.1) is 11.2 Å². The molecular formula is C18H32BNO4. The van der Waals surface area contributed by atoms with Gasteiger partial charge in [-0.3, -0.25) is 0 Å². The first-order chi connectivity index (χ1) is 10.8. The molecule has 0 aliphatic carbocycles. The molecule has 5 nitrogen and oxygen atoms in total. The predicted molar refractivity (Wildman–Crippen MR) is 95.8 cm³/mol. The highest BCUT2D eigenvalue weighted by Gasteiger charge is 2.50. The van der Waals surface area contributed by atoms with E-state index in [0.29, 0.717) is 13.1 Å². The van der Waals surface area contributed by atoms with Crippen LogP contribution >= 0.6 is 0 Å². The van der Waals surface area contributed by atoms with Crippen molar-refractivity contribution in [3.63, 3.8) is 0 Å². The Morgan fingerprint density at radius 1 is 1.25 bits per heavy atom. The van der Waals surface area contributed by atoms with E-state index >= 15 is 0 Å². The van der Waals surface area contributed by atoms with Crippen molar-refractivity contribution in [2.45, 2.75) is 78.6 Å². The third-order valence-electron chi connectivity index (χ3n) is 5.07. The van der Waals surface area contributed by atoms with E-state index in [0.717, 1.165) is 6.42 Å². The first kappa shape index (κ1) is 19.3. The Hall–Kier alpha value is -1.01. The van der Waals surface area contributed by atoms with Crippen LogP contribution in [0.3, 0.4) is 0 Å². The molecule has 0 aromatic carbocycles. The third-order valence-corrected chi connectivity index (χ3v) is 5.07. The molecule has 0 radical (unpaired) electrons. The van der Waals surface area contributed by atoms with Crippen LogP contribution in [0.15, 0.2) is 11.5 Å². The molecule has 1 atom stereocenters. The number of likely N-dealkylation sites (tertiary alicyclic amines) is 1. The molecule has 1 unspecified atom stereocenters. The van der Waals surface area contributed by atoms with E-state index in [9.17, 15) is 4.79 Å². The summed E-state index contributed by atoms with van der Waals surface area (Å²) in [4.78, 5) is 14.0. The summed E-state index contributed by atoms with van der Waals surface area (Å²) in [6.45, 7) is 17.4. The van der Waals surface area contributed by atoms with Gasteiger partial charge in [0, 0.05) is 13.1 Å². The number of hydrogen-bond acceptors (Lipinski definition) is 4. The van der Waals surface area contributed by atoms with E-state index in [1.165, 1.54) is 5.57 Å². The maximum atomic E-state index is 12.2. The van der Waals surface area contributed by atoms with Crippen molar-refractivity contribution in [1.29, 1.82) is 0 Å². The highest BCUT2D eigenvalue weighted by Crippen LogP contribution is 2.38. The monoisotopic (exact) mass is 337 g/mol. The van der Waals surface area contributed by atoms with Crippen LogP contribution in [-0.2, 0) is 14.0 Å². The van der Waals surface area contributed by atoms with E-state index in [2.05, 4.69) is 40.6 Å². The number of ether oxygens (including phenoxy) is 1. The van der Waals surface area contributed by atoms with Crippen LogP contribution in [0.5, 0.6) is 0 Å². The lowest BCUT2D eigenvalue weighted by Gasteiger charge is -2.34. The average Bonchev–Trinajstić information content (AvgIpc) is 2.57. The van der Waals surface area contributed by atoms with Gasteiger partial charge >= 0.3 is 13.2 Å². The van der Waals surface area contributed by atoms with Gasteiger partial charge in [0.15, 0.2) is 0 Å². The normalized spacial score (nSPS) is 28.3. The zero-order valence-corrected chi connectivity index (χ0v) is 16.4. The van der Waals surface area contributed by atoms with E-state index in [1.807, 2.05) is 20.8 Å². The Labute approximate surface area is 146 Å². The Morgan fingerprint density at radius 3 is 2.25 bits per heavy atom. The Balaban J connectivity index is 1.98. The molecule has 2 saturated heterocycles. The summed E-state index contributed by atoms with van der Waals surface area (Å²) in [6.07, 6.45) is 0.592. The summed E-state index contributed by atoms with van der Waals surface area (Å²) >= 11 is 0. The Morgan fingerprint density at radius 2 is 1.79 bits per heavy atom. The number of rotatable bonds is 1. The largest absolute Gasteiger partial charge is 0.487 e. The van der Waals surface area contributed by atoms with Crippen LogP contribution in [0.4, 0.5) is 4.79 Å². The average molecular weight is 337 g/mol. The highest BCUT2D eigenvalue weighted by molar-refractivity contribution is 6.51. The standard InChI is InChI=1S/C18H32BNO4/c1-13-12-20(15(21)22-16(2,3)4)10-9-14(13)11-19-23-17(5,6)18(7,8)24-19/h11,13H,9-10,12H2,1-8H3/b14-11-. The topological polar surface area (TPSA) is 48.0 Å². The van der Waals surface area contributed by atoms with Crippen molar-refractivity contribution in [3.8, 4) is 0 Å². The molecule has 0 aromatic rings. The molecule has 0 N–H and O–H groups in total. The van der Waals surface area contributed by atoms with E-state index in [-0.39, 0.29) is 30.3 Å². The van der Waals surface area contributed by atoms with Crippen molar-refractivity contribution in [2.75, 3.05) is 13.1 Å². The quantitative estimate of drug-likeness (QED) is 0.683. The fraction of sp³-hybridized carbons (Fsp3) is 0.833. The fourth-order valence-electron chi connectivity index (χ4n) is 2.92. The van der Waals surface area contributed by atoms with Gasteiger partial charge in [0.25, 0.3) is 0 Å². The summed E-state index contributed by atoms with van der Waals surface area (Å²) < 4.78 is 17.6. The van der Waals surface area contributed by atoms with E-state index in [1.54, 1.807) is 4.90 Å². The van der Waals surface area contributed by atoms with Gasteiger partial charge in [-0.1, -0.05) is 18.5 Å². The number of nitrogens with zero attached hydrogens (tertiary/aromatic N) is 1. The minimum atomic E-state index is -0.459. The van der Waals surface area contributed by atoms with Gasteiger partial charge in [0.2, 0.25) is 0 Å². The summed E-state index contributed by atoms with van der Waals surface area (Å²) in [5.41, 5.74) is 0.178. The summed E-state index contributed by atoms with van der Waals surface area (Å²) in [6, 6.07) is 0. The molecular weight excluding hydrogens is 305 g/mol. The lowest BCUT2D eigenvalue weighted by atomic mass is 9.81. The Kier molecular flexibility index (Phi) is 5.13. The smallest absolute Gasteiger partial charge is 0.444 e. The van der Waals surface area contributed by atoms with Crippen molar-refractivity contribution in [1.82, 2.24) is 4.90 Å². The number of piperidine rings is 1. The van der Waals surface area contributed by atoms with Gasteiger partial charge in [0.1, 0.15) is 5.60 Å². The van der Waals surface area contributed by atoms with Crippen LogP contribution < -0.4 is 0 Å². The second kappa shape index (κ2) is 6.38. The summed E-state index contributed by atoms with van der Waals surface area (Å²) in [7, 11) is -0.319. The Bertz CT molecular complexity index is 506. The predicted octanol–water partition coefficient (Wildman–Crippen LogP) is 3.82. The van der Waals surface area contributed by atoms with Crippen molar-refractivity contribution >= 4 is 13.2 Å². The van der Waals surface area contributed by atoms with Crippen molar-refractivity contribution in [2.24, 2.45) is 5.92 Å². The summed E-state index contributed by atoms with van der Waals surface area (Å²) in [5, 5.41) is 0. The van der Waals surface area contributed by atoms with Crippen LogP contribution in [0.25, 0.3) is 0 Å². The maximum Gasteiger partial charge on any atom is 0.487 e. The number of carbonyl (C=O) groups excluding carboxylic acids is 1.